The van der Waals surface area contributed by atoms with Gasteiger partial charge in [0.05, 0.1) is 19.1 Å². The maximum absolute atomic E-state index is 10.9. The van der Waals surface area contributed by atoms with Crippen LogP contribution in [0.5, 0.6) is 0 Å². The van der Waals surface area contributed by atoms with E-state index in [9.17, 15) is 8.42 Å². The van der Waals surface area contributed by atoms with Crippen molar-refractivity contribution in [1.29, 1.82) is 0 Å². The van der Waals surface area contributed by atoms with Crippen LogP contribution in [-0.2, 0) is 23.7 Å². The van der Waals surface area contributed by atoms with Crippen LogP contribution in [-0.4, -0.2) is 29.6 Å². The molecule has 0 fully saturated rings. The SMILES string of the molecule is Cn1ncc(CO)c1NS(C)(=O)=O. The zero-order chi connectivity index (χ0) is 10.1. The average Bonchev–Trinajstić information content (AvgIpc) is 2.30. The smallest absolute Gasteiger partial charge is 0.230 e. The van der Waals surface area contributed by atoms with Crippen LogP contribution in [0.25, 0.3) is 0 Å². The van der Waals surface area contributed by atoms with E-state index in [4.69, 9.17) is 5.11 Å². The van der Waals surface area contributed by atoms with Crippen molar-refractivity contribution in [2.75, 3.05) is 11.0 Å². The number of nitrogens with zero attached hydrogens (tertiary/aromatic N) is 2. The zero-order valence-corrected chi connectivity index (χ0v) is 8.17. The summed E-state index contributed by atoms with van der Waals surface area (Å²) >= 11 is 0. The van der Waals surface area contributed by atoms with Gasteiger partial charge in [-0.2, -0.15) is 5.10 Å². The van der Waals surface area contributed by atoms with Crippen LogP contribution >= 0.6 is 0 Å². The normalized spacial score (nSPS) is 11.6. The Labute approximate surface area is 76.2 Å². The molecule has 0 saturated carbocycles. The lowest BCUT2D eigenvalue weighted by Crippen LogP contribution is -2.14. The summed E-state index contributed by atoms with van der Waals surface area (Å²) in [5.41, 5.74) is 0.452. The minimum atomic E-state index is -3.32. The fourth-order valence-electron chi connectivity index (χ4n) is 0.906. The van der Waals surface area contributed by atoms with E-state index >= 15 is 0 Å². The monoisotopic (exact) mass is 205 g/mol. The molecule has 1 aromatic rings. The molecule has 0 spiro atoms. The van der Waals surface area contributed by atoms with Crippen molar-refractivity contribution in [3.05, 3.63) is 11.8 Å². The Bertz CT molecular complexity index is 395. The van der Waals surface area contributed by atoms with E-state index in [-0.39, 0.29) is 6.61 Å². The molecule has 0 aliphatic heterocycles. The Hall–Kier alpha value is -1.08. The van der Waals surface area contributed by atoms with Crippen LogP contribution in [0.4, 0.5) is 5.82 Å². The molecule has 2 N–H and O–H groups in total. The minimum Gasteiger partial charge on any atom is -0.391 e. The number of aromatic nitrogens is 2. The van der Waals surface area contributed by atoms with Crippen molar-refractivity contribution < 1.29 is 13.5 Å². The molecule has 0 saturated heterocycles. The van der Waals surface area contributed by atoms with Gasteiger partial charge in [0, 0.05) is 12.6 Å². The maximum atomic E-state index is 10.9. The molecule has 0 atom stereocenters. The van der Waals surface area contributed by atoms with Crippen molar-refractivity contribution in [3.8, 4) is 0 Å². The van der Waals surface area contributed by atoms with Crippen LogP contribution in [0.2, 0.25) is 0 Å². The highest BCUT2D eigenvalue weighted by atomic mass is 32.2. The summed E-state index contributed by atoms with van der Waals surface area (Å²) in [5, 5.41) is 12.6. The van der Waals surface area contributed by atoms with Crippen LogP contribution in [0.15, 0.2) is 6.20 Å². The minimum absolute atomic E-state index is 0.244. The molecular formula is C6H11N3O3S. The molecule has 1 rings (SSSR count). The molecule has 0 bridgehead atoms. The van der Waals surface area contributed by atoms with Crippen LogP contribution in [0.3, 0.4) is 0 Å². The predicted molar refractivity (Wildman–Crippen MR) is 47.6 cm³/mol. The average molecular weight is 205 g/mol. The Morgan fingerprint density at radius 1 is 1.69 bits per heavy atom. The van der Waals surface area contributed by atoms with Gasteiger partial charge in [-0.1, -0.05) is 0 Å². The van der Waals surface area contributed by atoms with Gasteiger partial charge in [0.15, 0.2) is 0 Å². The molecule has 0 radical (unpaired) electrons. The summed E-state index contributed by atoms with van der Waals surface area (Å²) in [6, 6.07) is 0. The molecule has 0 aromatic carbocycles. The van der Waals surface area contributed by atoms with E-state index in [1.807, 2.05) is 0 Å². The van der Waals surface area contributed by atoms with E-state index in [1.165, 1.54) is 10.9 Å². The third-order valence-electron chi connectivity index (χ3n) is 1.47. The van der Waals surface area contributed by atoms with Gasteiger partial charge >= 0.3 is 0 Å². The summed E-state index contributed by atoms with van der Waals surface area (Å²) in [6.07, 6.45) is 2.45. The number of aliphatic hydroxyl groups is 1. The Kier molecular flexibility index (Phi) is 2.58. The number of aryl methyl sites for hydroxylation is 1. The summed E-state index contributed by atoms with van der Waals surface area (Å²) in [4.78, 5) is 0. The topological polar surface area (TPSA) is 84.2 Å². The summed E-state index contributed by atoms with van der Waals surface area (Å²) < 4.78 is 25.4. The van der Waals surface area contributed by atoms with Gasteiger partial charge in [-0.25, -0.2) is 8.42 Å². The van der Waals surface area contributed by atoms with Crippen LogP contribution in [0, 0.1) is 0 Å². The predicted octanol–water partition coefficient (Wildman–Crippen LogP) is -0.716. The van der Waals surface area contributed by atoms with E-state index < -0.39 is 10.0 Å². The number of nitrogens with one attached hydrogen (secondary N) is 1. The Morgan fingerprint density at radius 3 is 2.77 bits per heavy atom. The summed E-state index contributed by atoms with van der Waals surface area (Å²) in [7, 11) is -1.73. The number of aliphatic hydroxyl groups excluding tert-OH is 1. The number of sulfonamides is 1. The van der Waals surface area contributed by atoms with Gasteiger partial charge < -0.3 is 5.11 Å². The van der Waals surface area contributed by atoms with Gasteiger partial charge in [0.2, 0.25) is 10.0 Å². The standard InChI is InChI=1S/C6H11N3O3S/c1-9-6(8-13(2,11)12)5(4-10)3-7-9/h3,8,10H,4H2,1-2H3. The molecule has 0 aliphatic carbocycles. The lowest BCUT2D eigenvalue weighted by Gasteiger charge is -2.05. The first-order chi connectivity index (χ1) is 5.94. The molecule has 0 amide bonds. The van der Waals surface area contributed by atoms with E-state index in [1.54, 1.807) is 7.05 Å². The Morgan fingerprint density at radius 2 is 2.31 bits per heavy atom. The third-order valence-corrected chi connectivity index (χ3v) is 2.03. The summed E-state index contributed by atoms with van der Waals surface area (Å²) in [6.45, 7) is -0.244. The third kappa shape index (κ3) is 2.43. The molecule has 1 heterocycles. The van der Waals surface area contributed by atoms with E-state index in [0.717, 1.165) is 6.26 Å². The first-order valence-corrected chi connectivity index (χ1v) is 5.42. The fourth-order valence-corrected chi connectivity index (χ4v) is 1.52. The van der Waals surface area contributed by atoms with Crippen LogP contribution < -0.4 is 4.72 Å². The first-order valence-electron chi connectivity index (χ1n) is 3.53. The van der Waals surface area contributed by atoms with Crippen molar-refractivity contribution in [1.82, 2.24) is 9.78 Å². The van der Waals surface area contributed by atoms with Crippen molar-refractivity contribution in [3.63, 3.8) is 0 Å². The molecule has 0 unspecified atom stereocenters. The van der Waals surface area contributed by atoms with Crippen molar-refractivity contribution in [2.24, 2.45) is 7.05 Å². The first kappa shape index (κ1) is 10.0. The number of rotatable bonds is 3. The number of anilines is 1. The lowest BCUT2D eigenvalue weighted by atomic mass is 10.3. The highest BCUT2D eigenvalue weighted by Gasteiger charge is 2.11. The molecule has 1 aromatic heterocycles. The largest absolute Gasteiger partial charge is 0.391 e. The molecular weight excluding hydrogens is 194 g/mol. The molecule has 13 heavy (non-hydrogen) atoms. The molecule has 6 nitrogen and oxygen atoms in total. The molecule has 7 heteroatoms. The molecule has 0 aliphatic rings. The maximum Gasteiger partial charge on any atom is 0.230 e. The van der Waals surface area contributed by atoms with Gasteiger partial charge in [-0.3, -0.25) is 9.40 Å². The quantitative estimate of drug-likeness (QED) is 0.682. The van der Waals surface area contributed by atoms with Crippen LogP contribution in [0.1, 0.15) is 5.56 Å². The van der Waals surface area contributed by atoms with Crippen molar-refractivity contribution >= 4 is 15.8 Å². The summed E-state index contributed by atoms with van der Waals surface area (Å²) in [5.74, 6) is 0.296. The second kappa shape index (κ2) is 3.35. The van der Waals surface area contributed by atoms with Gasteiger partial charge in [-0.15, -0.1) is 0 Å². The highest BCUT2D eigenvalue weighted by molar-refractivity contribution is 7.92. The zero-order valence-electron chi connectivity index (χ0n) is 7.35. The highest BCUT2D eigenvalue weighted by Crippen LogP contribution is 2.14. The van der Waals surface area contributed by atoms with E-state index in [0.29, 0.717) is 11.4 Å². The molecule has 74 valence electrons. The lowest BCUT2D eigenvalue weighted by molar-refractivity contribution is 0.282. The fraction of sp³-hybridized carbons (Fsp3) is 0.500. The number of hydrogen-bond acceptors (Lipinski definition) is 4. The Balaban J connectivity index is 3.05. The van der Waals surface area contributed by atoms with E-state index in [2.05, 4.69) is 9.82 Å². The van der Waals surface area contributed by atoms with Gasteiger partial charge in [0.1, 0.15) is 5.82 Å². The number of hydrogen-bond donors (Lipinski definition) is 2. The second-order valence-electron chi connectivity index (χ2n) is 2.67. The van der Waals surface area contributed by atoms with Gasteiger partial charge in [-0.05, 0) is 0 Å². The van der Waals surface area contributed by atoms with Gasteiger partial charge in [0.25, 0.3) is 0 Å². The van der Waals surface area contributed by atoms with Crippen molar-refractivity contribution in [2.45, 2.75) is 6.61 Å². The second-order valence-corrected chi connectivity index (χ2v) is 4.42.